The lowest BCUT2D eigenvalue weighted by Gasteiger charge is -2.17. The summed E-state index contributed by atoms with van der Waals surface area (Å²) in [6.45, 7) is 0. The zero-order valence-corrected chi connectivity index (χ0v) is 9.60. The number of benzene rings is 1. The Morgan fingerprint density at radius 2 is 2.40 bits per heavy atom. The lowest BCUT2D eigenvalue weighted by Crippen LogP contribution is -2.14. The first-order chi connectivity index (χ1) is 7.35. The van der Waals surface area contributed by atoms with Crippen molar-refractivity contribution in [3.8, 4) is 6.07 Å². The first-order valence-electron chi connectivity index (χ1n) is 5.17. The number of nitrogens with one attached hydrogen (secondary N) is 1. The van der Waals surface area contributed by atoms with Gasteiger partial charge in [0.25, 0.3) is 0 Å². The molecule has 1 aromatic rings. The summed E-state index contributed by atoms with van der Waals surface area (Å²) in [5, 5.41) is 12.0. The van der Waals surface area contributed by atoms with Crippen LogP contribution in [0.2, 0.25) is 0 Å². The molecule has 1 aliphatic heterocycles. The van der Waals surface area contributed by atoms with E-state index in [0.29, 0.717) is 0 Å². The van der Waals surface area contributed by atoms with Crippen LogP contribution < -0.4 is 5.32 Å². The number of fused-ring (bicyclic) bond motifs is 1. The van der Waals surface area contributed by atoms with Crippen LogP contribution in [0.25, 0.3) is 0 Å². The van der Waals surface area contributed by atoms with Crippen LogP contribution in [-0.2, 0) is 6.42 Å². The molecular weight excluding hydrogens is 204 g/mol. The third-order valence-electron chi connectivity index (χ3n) is 2.68. The third kappa shape index (κ3) is 2.17. The van der Waals surface area contributed by atoms with Crippen molar-refractivity contribution >= 4 is 11.8 Å². The number of aryl methyl sites for hydroxylation is 1. The Morgan fingerprint density at radius 1 is 1.53 bits per heavy atom. The predicted octanol–water partition coefficient (Wildman–Crippen LogP) is 2.51. The van der Waals surface area contributed by atoms with E-state index >= 15 is 0 Å². The van der Waals surface area contributed by atoms with Crippen molar-refractivity contribution in [1.82, 2.24) is 5.32 Å². The second kappa shape index (κ2) is 4.69. The lowest BCUT2D eigenvalue weighted by molar-refractivity contribution is 0.723. The van der Waals surface area contributed by atoms with E-state index in [0.717, 1.165) is 12.0 Å². The van der Waals surface area contributed by atoms with Crippen LogP contribution >= 0.6 is 11.8 Å². The van der Waals surface area contributed by atoms with E-state index in [-0.39, 0.29) is 6.04 Å². The Labute approximate surface area is 94.7 Å². The molecule has 0 aromatic heterocycles. The van der Waals surface area contributed by atoms with E-state index in [1.165, 1.54) is 22.6 Å². The minimum absolute atomic E-state index is 0.178. The fraction of sp³-hybridized carbons (Fsp3) is 0.417. The molecule has 0 fully saturated rings. The SMILES string of the molecule is CNC(C#N)c1ccc2c(c1)CCCS2. The molecule has 0 amide bonds. The normalized spacial score (nSPS) is 16.5. The van der Waals surface area contributed by atoms with Gasteiger partial charge in [0.05, 0.1) is 6.07 Å². The van der Waals surface area contributed by atoms with Crippen molar-refractivity contribution in [2.24, 2.45) is 0 Å². The van der Waals surface area contributed by atoms with Crippen LogP contribution in [0.3, 0.4) is 0 Å². The lowest BCUT2D eigenvalue weighted by atomic mass is 10.0. The van der Waals surface area contributed by atoms with Crippen LogP contribution in [0, 0.1) is 11.3 Å². The Hall–Kier alpha value is -0.980. The summed E-state index contributed by atoms with van der Waals surface area (Å²) in [5.41, 5.74) is 2.49. The summed E-state index contributed by atoms with van der Waals surface area (Å²) >= 11 is 1.92. The average molecular weight is 218 g/mol. The topological polar surface area (TPSA) is 35.8 Å². The van der Waals surface area contributed by atoms with Gasteiger partial charge in [0.1, 0.15) is 6.04 Å². The summed E-state index contributed by atoms with van der Waals surface area (Å²) in [4.78, 5) is 1.39. The van der Waals surface area contributed by atoms with Gasteiger partial charge in [0, 0.05) is 4.90 Å². The van der Waals surface area contributed by atoms with E-state index in [4.69, 9.17) is 5.26 Å². The molecule has 15 heavy (non-hydrogen) atoms. The zero-order valence-electron chi connectivity index (χ0n) is 8.79. The molecule has 3 heteroatoms. The van der Waals surface area contributed by atoms with E-state index < -0.39 is 0 Å². The average Bonchev–Trinajstić information content (AvgIpc) is 2.30. The van der Waals surface area contributed by atoms with Gasteiger partial charge in [0.15, 0.2) is 0 Å². The molecule has 0 saturated heterocycles. The molecule has 0 aliphatic carbocycles. The number of rotatable bonds is 2. The second-order valence-electron chi connectivity index (χ2n) is 3.67. The molecule has 1 N–H and O–H groups in total. The van der Waals surface area contributed by atoms with E-state index in [1.54, 1.807) is 0 Å². The van der Waals surface area contributed by atoms with E-state index in [1.807, 2.05) is 18.8 Å². The highest BCUT2D eigenvalue weighted by Crippen LogP contribution is 2.31. The maximum atomic E-state index is 8.97. The second-order valence-corrected chi connectivity index (χ2v) is 4.81. The highest BCUT2D eigenvalue weighted by Gasteiger charge is 2.13. The summed E-state index contributed by atoms with van der Waals surface area (Å²) < 4.78 is 0. The number of hydrogen-bond donors (Lipinski definition) is 1. The van der Waals surface area contributed by atoms with E-state index in [2.05, 4.69) is 29.6 Å². The maximum Gasteiger partial charge on any atom is 0.121 e. The number of nitriles is 1. The minimum atomic E-state index is -0.178. The largest absolute Gasteiger partial charge is 0.301 e. The first-order valence-corrected chi connectivity index (χ1v) is 6.16. The fourth-order valence-corrected chi connectivity index (χ4v) is 2.88. The fourth-order valence-electron chi connectivity index (χ4n) is 1.87. The van der Waals surface area contributed by atoms with Crippen molar-refractivity contribution in [3.05, 3.63) is 29.3 Å². The summed E-state index contributed by atoms with van der Waals surface area (Å²) in [7, 11) is 1.82. The monoisotopic (exact) mass is 218 g/mol. The molecule has 0 radical (unpaired) electrons. The van der Waals surface area contributed by atoms with Crippen LogP contribution in [0.5, 0.6) is 0 Å². The van der Waals surface area contributed by atoms with Crippen molar-refractivity contribution in [2.45, 2.75) is 23.8 Å². The molecule has 1 aromatic carbocycles. The van der Waals surface area contributed by atoms with Gasteiger partial charge >= 0.3 is 0 Å². The Morgan fingerprint density at radius 3 is 3.13 bits per heavy atom. The molecular formula is C12H14N2S. The van der Waals surface area contributed by atoms with Gasteiger partial charge in [0.2, 0.25) is 0 Å². The standard InChI is InChI=1S/C12H14N2S/c1-14-11(8-13)9-4-5-12-10(7-9)3-2-6-15-12/h4-5,7,11,14H,2-3,6H2,1H3. The zero-order chi connectivity index (χ0) is 10.7. The molecule has 1 aliphatic rings. The van der Waals surface area contributed by atoms with Crippen molar-refractivity contribution in [1.29, 1.82) is 5.26 Å². The van der Waals surface area contributed by atoms with Crippen LogP contribution in [-0.4, -0.2) is 12.8 Å². The Balaban J connectivity index is 2.32. The Bertz CT molecular complexity index is 395. The van der Waals surface area contributed by atoms with Gasteiger partial charge < -0.3 is 5.32 Å². The molecule has 2 nitrogen and oxygen atoms in total. The third-order valence-corrected chi connectivity index (χ3v) is 3.89. The first kappa shape index (κ1) is 10.5. The highest BCUT2D eigenvalue weighted by molar-refractivity contribution is 7.99. The van der Waals surface area contributed by atoms with Gasteiger partial charge in [-0.05, 0) is 42.8 Å². The Kier molecular flexibility index (Phi) is 3.30. The smallest absolute Gasteiger partial charge is 0.121 e. The van der Waals surface area contributed by atoms with Crippen LogP contribution in [0.1, 0.15) is 23.6 Å². The molecule has 2 rings (SSSR count). The molecule has 1 heterocycles. The van der Waals surface area contributed by atoms with Gasteiger partial charge in [-0.15, -0.1) is 11.8 Å². The quantitative estimate of drug-likeness (QED) is 0.828. The van der Waals surface area contributed by atoms with Crippen LogP contribution in [0.15, 0.2) is 23.1 Å². The molecule has 0 bridgehead atoms. The molecule has 78 valence electrons. The maximum absolute atomic E-state index is 8.97. The number of nitrogens with zero attached hydrogens (tertiary/aromatic N) is 1. The number of thioether (sulfide) groups is 1. The predicted molar refractivity (Wildman–Crippen MR) is 62.9 cm³/mol. The summed E-state index contributed by atoms with van der Waals surface area (Å²) in [6, 6.07) is 8.46. The molecule has 1 unspecified atom stereocenters. The van der Waals surface area contributed by atoms with Gasteiger partial charge in [-0.1, -0.05) is 12.1 Å². The van der Waals surface area contributed by atoms with Crippen molar-refractivity contribution in [3.63, 3.8) is 0 Å². The van der Waals surface area contributed by atoms with Gasteiger partial charge in [-0.2, -0.15) is 5.26 Å². The van der Waals surface area contributed by atoms with Crippen molar-refractivity contribution in [2.75, 3.05) is 12.8 Å². The summed E-state index contributed by atoms with van der Waals surface area (Å²) in [6.07, 6.45) is 2.40. The van der Waals surface area contributed by atoms with E-state index in [9.17, 15) is 0 Å². The highest BCUT2D eigenvalue weighted by atomic mass is 32.2. The minimum Gasteiger partial charge on any atom is -0.301 e. The summed E-state index contributed by atoms with van der Waals surface area (Å²) in [5.74, 6) is 1.22. The number of hydrogen-bond acceptors (Lipinski definition) is 3. The van der Waals surface area contributed by atoms with Crippen molar-refractivity contribution < 1.29 is 0 Å². The van der Waals surface area contributed by atoms with Crippen LogP contribution in [0.4, 0.5) is 0 Å². The molecule has 0 spiro atoms. The van der Waals surface area contributed by atoms with Gasteiger partial charge in [-0.25, -0.2) is 0 Å². The van der Waals surface area contributed by atoms with Gasteiger partial charge in [-0.3, -0.25) is 0 Å². The molecule has 1 atom stereocenters. The molecule has 0 saturated carbocycles.